The van der Waals surface area contributed by atoms with Crippen LogP contribution in [0.2, 0.25) is 0 Å². The molecule has 3 rings (SSSR count). The van der Waals surface area contributed by atoms with Crippen LogP contribution >= 0.6 is 0 Å². The maximum atomic E-state index is 12.0. The summed E-state index contributed by atoms with van der Waals surface area (Å²) < 4.78 is 10.6. The summed E-state index contributed by atoms with van der Waals surface area (Å²) in [6, 6.07) is 10.7. The molecule has 1 aliphatic rings. The number of para-hydroxylation sites is 1. The van der Waals surface area contributed by atoms with Crippen molar-refractivity contribution in [1.82, 2.24) is 10.1 Å². The molecule has 1 fully saturated rings. The minimum Gasteiger partial charge on any atom is -0.474 e. The Balaban J connectivity index is 1.44. The summed E-state index contributed by atoms with van der Waals surface area (Å²) in [4.78, 5) is 14.3. The number of hydrogen-bond acceptors (Lipinski definition) is 5. The van der Waals surface area contributed by atoms with Crippen molar-refractivity contribution in [1.29, 1.82) is 0 Å². The lowest BCUT2D eigenvalue weighted by molar-refractivity contribution is 0.0987. The average Bonchev–Trinajstić information content (AvgIpc) is 3.23. The highest BCUT2D eigenvalue weighted by molar-refractivity contribution is 6.02. The van der Waals surface area contributed by atoms with Crippen LogP contribution in [0, 0.1) is 5.92 Å². The van der Waals surface area contributed by atoms with E-state index in [4.69, 9.17) is 9.26 Å². The van der Waals surface area contributed by atoms with Gasteiger partial charge in [0.05, 0.1) is 6.07 Å². The summed E-state index contributed by atoms with van der Waals surface area (Å²) in [6.07, 6.45) is 2.68. The molecule has 1 aromatic carbocycles. The molecule has 0 bridgehead atoms. The quantitative estimate of drug-likeness (QED) is 0.811. The van der Waals surface area contributed by atoms with Crippen molar-refractivity contribution in [2.75, 3.05) is 32.1 Å². The first kappa shape index (κ1) is 15.6. The molecule has 6 nitrogen and oxygen atoms in total. The zero-order valence-electron chi connectivity index (χ0n) is 13.2. The fourth-order valence-corrected chi connectivity index (χ4v) is 2.29. The summed E-state index contributed by atoms with van der Waals surface area (Å²) in [5.41, 5.74) is 0.707. The molecule has 6 heteroatoms. The van der Waals surface area contributed by atoms with E-state index in [0.717, 1.165) is 19.0 Å². The van der Waals surface area contributed by atoms with Crippen LogP contribution in [0.5, 0.6) is 5.88 Å². The highest BCUT2D eigenvalue weighted by Gasteiger charge is 2.22. The monoisotopic (exact) mass is 315 g/mol. The Hall–Kier alpha value is -2.34. The summed E-state index contributed by atoms with van der Waals surface area (Å²) in [5, 5.41) is 6.51. The third-order valence-electron chi connectivity index (χ3n) is 3.73. The lowest BCUT2D eigenvalue weighted by Gasteiger charge is -2.15. The van der Waals surface area contributed by atoms with Crippen LogP contribution in [0.15, 0.2) is 40.9 Å². The molecule has 23 heavy (non-hydrogen) atoms. The smallest absolute Gasteiger partial charge is 0.294 e. The molecule has 0 atom stereocenters. The zero-order valence-corrected chi connectivity index (χ0v) is 13.2. The number of ether oxygens (including phenoxy) is 1. The molecule has 2 aromatic rings. The van der Waals surface area contributed by atoms with Gasteiger partial charge in [-0.1, -0.05) is 18.2 Å². The first-order valence-corrected chi connectivity index (χ1v) is 7.85. The molecule has 1 N–H and O–H groups in total. The van der Waals surface area contributed by atoms with Crippen LogP contribution < -0.4 is 10.1 Å². The summed E-state index contributed by atoms with van der Waals surface area (Å²) in [5.74, 6) is 0.989. The molecule has 1 heterocycles. The predicted molar refractivity (Wildman–Crippen MR) is 86.6 cm³/mol. The van der Waals surface area contributed by atoms with Gasteiger partial charge in [0.25, 0.3) is 11.8 Å². The van der Waals surface area contributed by atoms with E-state index in [2.05, 4.69) is 22.4 Å². The minimum atomic E-state index is -0.343. The molecule has 0 aliphatic heterocycles. The minimum absolute atomic E-state index is 0.134. The van der Waals surface area contributed by atoms with Gasteiger partial charge in [0.15, 0.2) is 0 Å². The molecule has 0 radical (unpaired) electrons. The van der Waals surface area contributed by atoms with Crippen LogP contribution in [-0.2, 0) is 0 Å². The number of carbonyl (C=O) groups is 1. The number of nitrogens with one attached hydrogen (secondary N) is 1. The molecular formula is C17H21N3O3. The number of amides is 1. The van der Waals surface area contributed by atoms with Gasteiger partial charge in [-0.15, -0.1) is 0 Å². The van der Waals surface area contributed by atoms with Crippen LogP contribution in [-0.4, -0.2) is 42.7 Å². The van der Waals surface area contributed by atoms with Crippen LogP contribution in [0.1, 0.15) is 23.4 Å². The van der Waals surface area contributed by atoms with E-state index in [1.54, 1.807) is 12.1 Å². The van der Waals surface area contributed by atoms with E-state index in [0.29, 0.717) is 18.2 Å². The summed E-state index contributed by atoms with van der Waals surface area (Å²) in [7, 11) is 2.09. The van der Waals surface area contributed by atoms with Gasteiger partial charge in [0.1, 0.15) is 6.61 Å². The number of carbonyl (C=O) groups excluding carboxylic acids is 1. The van der Waals surface area contributed by atoms with Gasteiger partial charge < -0.3 is 19.5 Å². The first-order chi connectivity index (χ1) is 11.2. The second-order valence-corrected chi connectivity index (χ2v) is 5.90. The maximum Gasteiger partial charge on any atom is 0.294 e. The van der Waals surface area contributed by atoms with E-state index in [9.17, 15) is 4.79 Å². The summed E-state index contributed by atoms with van der Waals surface area (Å²) >= 11 is 0. The Morgan fingerprint density at radius 1 is 1.39 bits per heavy atom. The topological polar surface area (TPSA) is 67.6 Å². The molecule has 0 saturated heterocycles. The number of nitrogens with zero attached hydrogens (tertiary/aromatic N) is 2. The van der Waals surface area contributed by atoms with Crippen molar-refractivity contribution in [2.45, 2.75) is 12.8 Å². The van der Waals surface area contributed by atoms with E-state index in [-0.39, 0.29) is 11.7 Å². The van der Waals surface area contributed by atoms with Crippen LogP contribution in [0.4, 0.5) is 5.69 Å². The molecule has 1 amide bonds. The van der Waals surface area contributed by atoms with Crippen molar-refractivity contribution in [3.8, 4) is 5.88 Å². The van der Waals surface area contributed by atoms with E-state index >= 15 is 0 Å². The molecule has 1 aromatic heterocycles. The number of rotatable bonds is 8. The number of hydrogen-bond donors (Lipinski definition) is 1. The Kier molecular flexibility index (Phi) is 4.92. The Labute approximate surface area is 135 Å². The molecule has 0 spiro atoms. The Morgan fingerprint density at radius 3 is 2.91 bits per heavy atom. The number of likely N-dealkylation sites (N-methyl/N-ethyl adjacent to an activating group) is 1. The first-order valence-electron chi connectivity index (χ1n) is 7.85. The molecule has 0 unspecified atom stereocenters. The Morgan fingerprint density at radius 2 is 2.17 bits per heavy atom. The SMILES string of the molecule is CN(CCOc1cc(C(=O)Nc2ccccc2)on1)CC1CC1. The second kappa shape index (κ2) is 7.28. The van der Waals surface area contributed by atoms with E-state index < -0.39 is 0 Å². The predicted octanol–water partition coefficient (Wildman–Crippen LogP) is 2.65. The Bertz CT molecular complexity index is 638. The highest BCUT2D eigenvalue weighted by atomic mass is 16.5. The number of anilines is 1. The largest absolute Gasteiger partial charge is 0.474 e. The highest BCUT2D eigenvalue weighted by Crippen LogP contribution is 2.29. The van der Waals surface area contributed by atoms with Crippen molar-refractivity contribution in [3.63, 3.8) is 0 Å². The van der Waals surface area contributed by atoms with Crippen LogP contribution in [0.3, 0.4) is 0 Å². The fourth-order valence-electron chi connectivity index (χ4n) is 2.29. The standard InChI is InChI=1S/C17H21N3O3/c1-20(12-13-7-8-13)9-10-22-16-11-15(23-19-16)17(21)18-14-5-3-2-4-6-14/h2-6,11,13H,7-10,12H2,1H3,(H,18,21). The number of aromatic nitrogens is 1. The van der Waals surface area contributed by atoms with Gasteiger partial charge >= 0.3 is 0 Å². The maximum absolute atomic E-state index is 12.0. The molecule has 122 valence electrons. The van der Waals surface area contributed by atoms with Gasteiger partial charge in [0, 0.05) is 18.8 Å². The number of benzene rings is 1. The van der Waals surface area contributed by atoms with Crippen molar-refractivity contribution in [3.05, 3.63) is 42.2 Å². The van der Waals surface area contributed by atoms with Crippen molar-refractivity contribution >= 4 is 11.6 Å². The fraction of sp³-hybridized carbons (Fsp3) is 0.412. The van der Waals surface area contributed by atoms with Crippen LogP contribution in [0.25, 0.3) is 0 Å². The van der Waals surface area contributed by atoms with Gasteiger partial charge in [-0.25, -0.2) is 0 Å². The van der Waals surface area contributed by atoms with Gasteiger partial charge in [0.2, 0.25) is 5.76 Å². The van der Waals surface area contributed by atoms with Gasteiger partial charge in [-0.05, 0) is 43.1 Å². The van der Waals surface area contributed by atoms with Gasteiger partial charge in [-0.2, -0.15) is 0 Å². The summed E-state index contributed by atoms with van der Waals surface area (Å²) in [6.45, 7) is 2.47. The van der Waals surface area contributed by atoms with Gasteiger partial charge in [-0.3, -0.25) is 4.79 Å². The van der Waals surface area contributed by atoms with Crippen molar-refractivity contribution < 1.29 is 14.1 Å². The van der Waals surface area contributed by atoms with E-state index in [1.165, 1.54) is 18.9 Å². The zero-order chi connectivity index (χ0) is 16.1. The molecule has 1 saturated carbocycles. The average molecular weight is 315 g/mol. The normalized spacial score (nSPS) is 14.0. The lowest BCUT2D eigenvalue weighted by atomic mass is 10.3. The third kappa shape index (κ3) is 4.82. The van der Waals surface area contributed by atoms with Crippen molar-refractivity contribution in [2.24, 2.45) is 5.92 Å². The molecular weight excluding hydrogens is 294 g/mol. The third-order valence-corrected chi connectivity index (χ3v) is 3.73. The lowest BCUT2D eigenvalue weighted by Crippen LogP contribution is -2.26. The second-order valence-electron chi connectivity index (χ2n) is 5.90. The molecule has 1 aliphatic carbocycles. The van der Waals surface area contributed by atoms with E-state index in [1.807, 2.05) is 18.2 Å².